The van der Waals surface area contributed by atoms with Gasteiger partial charge in [-0.3, -0.25) is 0 Å². The van der Waals surface area contributed by atoms with Gasteiger partial charge in [0.2, 0.25) is 0 Å². The molecule has 3 atom stereocenters. The number of nitrogens with one attached hydrogen (secondary N) is 1. The Bertz CT molecular complexity index is 830. The summed E-state index contributed by atoms with van der Waals surface area (Å²) in [6.07, 6.45) is 3.63. The fourth-order valence-corrected chi connectivity index (χ4v) is 4.58. The van der Waals surface area contributed by atoms with E-state index in [1.807, 2.05) is 6.07 Å². The lowest BCUT2D eigenvalue weighted by Gasteiger charge is -2.38. The molecule has 4 rings (SSSR count). The van der Waals surface area contributed by atoms with E-state index in [1.54, 1.807) is 19.2 Å². The second kappa shape index (κ2) is 6.10. The van der Waals surface area contributed by atoms with Crippen LogP contribution in [-0.4, -0.2) is 18.2 Å². The molecule has 1 saturated carbocycles. The monoisotopic (exact) mass is 337 g/mol. The zero-order valence-corrected chi connectivity index (χ0v) is 14.6. The largest absolute Gasteiger partial charge is 0.496 e. The maximum atomic E-state index is 11.3. The van der Waals surface area contributed by atoms with Gasteiger partial charge in [0.1, 0.15) is 5.75 Å². The molecule has 2 aromatic carbocycles. The van der Waals surface area contributed by atoms with Gasteiger partial charge in [0.25, 0.3) is 0 Å². The third-order valence-electron chi connectivity index (χ3n) is 5.73. The highest BCUT2D eigenvalue weighted by Gasteiger charge is 2.41. The lowest BCUT2D eigenvalue weighted by atomic mass is 9.76. The van der Waals surface area contributed by atoms with Crippen molar-refractivity contribution in [2.75, 3.05) is 12.4 Å². The van der Waals surface area contributed by atoms with Crippen LogP contribution in [0.3, 0.4) is 0 Å². The number of rotatable bonds is 3. The number of aromatic carboxylic acids is 1. The summed E-state index contributed by atoms with van der Waals surface area (Å²) >= 11 is 0. The van der Waals surface area contributed by atoms with Crippen molar-refractivity contribution in [3.8, 4) is 5.75 Å². The van der Waals surface area contributed by atoms with Crippen LogP contribution in [0, 0.1) is 12.8 Å². The number of carboxylic acids is 1. The van der Waals surface area contributed by atoms with Crippen molar-refractivity contribution in [1.82, 2.24) is 0 Å². The van der Waals surface area contributed by atoms with Crippen LogP contribution < -0.4 is 10.1 Å². The van der Waals surface area contributed by atoms with Crippen LogP contribution in [0.4, 0.5) is 5.69 Å². The van der Waals surface area contributed by atoms with E-state index in [1.165, 1.54) is 36.1 Å². The smallest absolute Gasteiger partial charge is 0.335 e. The standard InChI is InChI=1S/C21H23NO3/c1-12-6-9-18-17(10-12)14-4-3-5-15(14)20(22-18)16-8-7-13(21(23)24)11-19(16)25-2/h6-11,14-15,20,22H,3-5H2,1-2H3,(H,23,24)/t14-,15+,20-/m1/s1. The molecule has 0 amide bonds. The highest BCUT2D eigenvalue weighted by atomic mass is 16.5. The second-order valence-corrected chi connectivity index (χ2v) is 7.18. The third-order valence-corrected chi connectivity index (χ3v) is 5.73. The van der Waals surface area contributed by atoms with Gasteiger partial charge in [-0.2, -0.15) is 0 Å². The van der Waals surface area contributed by atoms with E-state index in [9.17, 15) is 9.90 Å². The van der Waals surface area contributed by atoms with Crippen LogP contribution in [0.1, 0.15) is 58.3 Å². The van der Waals surface area contributed by atoms with Crippen LogP contribution in [-0.2, 0) is 0 Å². The number of aryl methyl sites for hydroxylation is 1. The maximum Gasteiger partial charge on any atom is 0.335 e. The van der Waals surface area contributed by atoms with Gasteiger partial charge in [0.15, 0.2) is 0 Å². The maximum absolute atomic E-state index is 11.3. The first-order valence-electron chi connectivity index (χ1n) is 8.87. The molecule has 4 heteroatoms. The predicted octanol–water partition coefficient (Wildman–Crippen LogP) is 4.75. The van der Waals surface area contributed by atoms with Gasteiger partial charge in [0, 0.05) is 11.3 Å². The molecule has 130 valence electrons. The molecule has 1 aliphatic carbocycles. The second-order valence-electron chi connectivity index (χ2n) is 7.18. The summed E-state index contributed by atoms with van der Waals surface area (Å²) in [6.45, 7) is 2.14. The fraction of sp³-hybridized carbons (Fsp3) is 0.381. The molecule has 0 radical (unpaired) electrons. The number of benzene rings is 2. The number of carboxylic acid groups (broad SMARTS) is 1. The van der Waals surface area contributed by atoms with Crippen LogP contribution in [0.25, 0.3) is 0 Å². The summed E-state index contributed by atoms with van der Waals surface area (Å²) in [7, 11) is 1.61. The lowest BCUT2D eigenvalue weighted by molar-refractivity contribution is 0.0696. The van der Waals surface area contributed by atoms with E-state index >= 15 is 0 Å². The van der Waals surface area contributed by atoms with Gasteiger partial charge in [-0.1, -0.05) is 30.2 Å². The number of hydrogen-bond donors (Lipinski definition) is 2. The van der Waals surface area contributed by atoms with Crippen molar-refractivity contribution in [1.29, 1.82) is 0 Å². The van der Waals surface area contributed by atoms with Gasteiger partial charge in [0.05, 0.1) is 18.7 Å². The van der Waals surface area contributed by atoms with Crippen LogP contribution in [0.15, 0.2) is 36.4 Å². The Morgan fingerprint density at radius 3 is 2.76 bits per heavy atom. The molecular weight excluding hydrogens is 314 g/mol. The average molecular weight is 337 g/mol. The summed E-state index contributed by atoms with van der Waals surface area (Å²) < 4.78 is 5.54. The molecule has 2 aliphatic rings. The Hall–Kier alpha value is -2.49. The first kappa shape index (κ1) is 16.0. The highest BCUT2D eigenvalue weighted by Crippen LogP contribution is 2.53. The average Bonchev–Trinajstić information content (AvgIpc) is 3.10. The van der Waals surface area contributed by atoms with Crippen LogP contribution in [0.2, 0.25) is 0 Å². The molecule has 4 nitrogen and oxygen atoms in total. The minimum absolute atomic E-state index is 0.153. The Labute approximate surface area is 147 Å². The molecule has 0 bridgehead atoms. The van der Waals surface area contributed by atoms with E-state index in [0.29, 0.717) is 17.6 Å². The topological polar surface area (TPSA) is 58.6 Å². The Balaban J connectivity index is 1.78. The Kier molecular flexibility index (Phi) is 3.91. The van der Waals surface area contributed by atoms with Crippen molar-refractivity contribution < 1.29 is 14.6 Å². The quantitative estimate of drug-likeness (QED) is 0.848. The summed E-state index contributed by atoms with van der Waals surface area (Å²) in [5.74, 6) is 0.795. The zero-order chi connectivity index (χ0) is 17.6. The zero-order valence-electron chi connectivity index (χ0n) is 14.6. The fourth-order valence-electron chi connectivity index (χ4n) is 4.58. The van der Waals surface area contributed by atoms with E-state index in [4.69, 9.17) is 4.74 Å². The van der Waals surface area contributed by atoms with Gasteiger partial charge in [-0.25, -0.2) is 4.79 Å². The first-order chi connectivity index (χ1) is 12.1. The SMILES string of the molecule is COc1cc(C(=O)O)ccc1[C@@H]1Nc2ccc(C)cc2[C@@H]2CCC[C@@H]21. The molecule has 0 spiro atoms. The number of anilines is 1. The summed E-state index contributed by atoms with van der Waals surface area (Å²) in [5, 5.41) is 12.9. The molecular formula is C21H23NO3. The number of ether oxygens (including phenoxy) is 1. The van der Waals surface area contributed by atoms with Gasteiger partial charge < -0.3 is 15.2 Å². The Morgan fingerprint density at radius 2 is 2.00 bits per heavy atom. The van der Waals surface area contributed by atoms with Crippen molar-refractivity contribution >= 4 is 11.7 Å². The molecule has 0 unspecified atom stereocenters. The third kappa shape index (κ3) is 2.66. The number of carbonyl (C=O) groups is 1. The van der Waals surface area contributed by atoms with Gasteiger partial charge in [-0.05, 0) is 55.4 Å². The molecule has 2 aromatic rings. The Morgan fingerprint density at radius 1 is 1.16 bits per heavy atom. The molecule has 0 saturated heterocycles. The van der Waals surface area contributed by atoms with E-state index < -0.39 is 5.97 Å². The van der Waals surface area contributed by atoms with Gasteiger partial charge in [-0.15, -0.1) is 0 Å². The molecule has 1 aliphatic heterocycles. The van der Waals surface area contributed by atoms with E-state index in [2.05, 4.69) is 30.4 Å². The van der Waals surface area contributed by atoms with E-state index in [0.717, 1.165) is 5.56 Å². The number of hydrogen-bond acceptors (Lipinski definition) is 3. The van der Waals surface area contributed by atoms with Crippen LogP contribution >= 0.6 is 0 Å². The molecule has 25 heavy (non-hydrogen) atoms. The first-order valence-corrected chi connectivity index (χ1v) is 8.87. The molecule has 1 fully saturated rings. The van der Waals surface area contributed by atoms with Gasteiger partial charge >= 0.3 is 5.97 Å². The number of methoxy groups -OCH3 is 1. The molecule has 1 heterocycles. The molecule has 2 N–H and O–H groups in total. The lowest BCUT2D eigenvalue weighted by Crippen LogP contribution is -2.29. The highest BCUT2D eigenvalue weighted by molar-refractivity contribution is 5.88. The molecule has 0 aromatic heterocycles. The summed E-state index contributed by atoms with van der Waals surface area (Å²) in [4.78, 5) is 11.3. The number of fused-ring (bicyclic) bond motifs is 3. The van der Waals surface area contributed by atoms with Crippen molar-refractivity contribution in [3.05, 3.63) is 58.7 Å². The minimum Gasteiger partial charge on any atom is -0.496 e. The van der Waals surface area contributed by atoms with Crippen LogP contribution in [0.5, 0.6) is 5.75 Å². The van der Waals surface area contributed by atoms with Crippen molar-refractivity contribution in [3.63, 3.8) is 0 Å². The normalized spacial score (nSPS) is 24.2. The van der Waals surface area contributed by atoms with Crippen molar-refractivity contribution in [2.24, 2.45) is 5.92 Å². The minimum atomic E-state index is -0.930. The summed E-state index contributed by atoms with van der Waals surface area (Å²) in [6, 6.07) is 12.0. The predicted molar refractivity (Wildman–Crippen MR) is 97.6 cm³/mol. The van der Waals surface area contributed by atoms with Crippen molar-refractivity contribution in [2.45, 2.75) is 38.1 Å². The summed E-state index contributed by atoms with van der Waals surface area (Å²) in [5.41, 5.74) is 5.24. The van der Waals surface area contributed by atoms with E-state index in [-0.39, 0.29) is 11.6 Å².